The first kappa shape index (κ1) is 8.97. The smallest absolute Gasteiger partial charge is 0.159 e. The van der Waals surface area contributed by atoms with Crippen molar-refractivity contribution < 1.29 is 4.52 Å². The zero-order chi connectivity index (χ0) is 10.8. The molecule has 0 fully saturated rings. The Morgan fingerprint density at radius 1 is 1.12 bits per heavy atom. The molecule has 0 aliphatic carbocycles. The standard InChI is InChI=1S/C13H10N2O/c1-2-4-13-10(3-1)9-11(15-13)5-6-12-7-8-14-16-12/h1-9,15H. The van der Waals surface area contributed by atoms with Gasteiger partial charge in [0, 0.05) is 17.3 Å². The number of rotatable bonds is 2. The fourth-order valence-electron chi connectivity index (χ4n) is 1.67. The average molecular weight is 210 g/mol. The summed E-state index contributed by atoms with van der Waals surface area (Å²) >= 11 is 0. The van der Waals surface area contributed by atoms with E-state index < -0.39 is 0 Å². The van der Waals surface area contributed by atoms with E-state index in [9.17, 15) is 0 Å². The Kier molecular flexibility index (Phi) is 2.07. The summed E-state index contributed by atoms with van der Waals surface area (Å²) in [7, 11) is 0. The molecule has 0 saturated carbocycles. The highest BCUT2D eigenvalue weighted by Gasteiger charge is 1.96. The molecule has 2 heterocycles. The topological polar surface area (TPSA) is 41.8 Å². The molecule has 0 aliphatic heterocycles. The number of para-hydroxylation sites is 1. The maximum Gasteiger partial charge on any atom is 0.159 e. The van der Waals surface area contributed by atoms with Gasteiger partial charge in [-0.15, -0.1) is 0 Å². The minimum absolute atomic E-state index is 0.749. The summed E-state index contributed by atoms with van der Waals surface area (Å²) in [6.45, 7) is 0. The second kappa shape index (κ2) is 3.70. The molecule has 1 aromatic carbocycles. The Hall–Kier alpha value is -2.29. The van der Waals surface area contributed by atoms with Crippen LogP contribution in [0.2, 0.25) is 0 Å². The number of aromatic nitrogens is 2. The van der Waals surface area contributed by atoms with Gasteiger partial charge in [-0.3, -0.25) is 0 Å². The molecular weight excluding hydrogens is 200 g/mol. The van der Waals surface area contributed by atoms with E-state index in [-0.39, 0.29) is 0 Å². The lowest BCUT2D eigenvalue weighted by atomic mass is 10.2. The van der Waals surface area contributed by atoms with Crippen molar-refractivity contribution in [3.63, 3.8) is 0 Å². The average Bonchev–Trinajstić information content (AvgIpc) is 2.95. The van der Waals surface area contributed by atoms with E-state index in [1.807, 2.05) is 30.4 Å². The Bertz CT molecular complexity index is 587. The van der Waals surface area contributed by atoms with Gasteiger partial charge >= 0.3 is 0 Å². The van der Waals surface area contributed by atoms with Crippen LogP contribution in [0.15, 0.2) is 47.1 Å². The van der Waals surface area contributed by atoms with Crippen molar-refractivity contribution in [2.75, 3.05) is 0 Å². The highest BCUT2D eigenvalue weighted by Crippen LogP contribution is 2.16. The highest BCUT2D eigenvalue weighted by atomic mass is 16.5. The number of H-pyrrole nitrogens is 1. The summed E-state index contributed by atoms with van der Waals surface area (Å²) < 4.78 is 4.98. The van der Waals surface area contributed by atoms with Gasteiger partial charge in [0.1, 0.15) is 0 Å². The molecule has 2 aromatic heterocycles. The first-order chi connectivity index (χ1) is 7.92. The van der Waals surface area contributed by atoms with Gasteiger partial charge in [0.25, 0.3) is 0 Å². The lowest BCUT2D eigenvalue weighted by Gasteiger charge is -1.84. The van der Waals surface area contributed by atoms with E-state index in [0.717, 1.165) is 17.0 Å². The number of hydrogen-bond acceptors (Lipinski definition) is 2. The van der Waals surface area contributed by atoms with E-state index >= 15 is 0 Å². The van der Waals surface area contributed by atoms with Crippen molar-refractivity contribution >= 4 is 23.1 Å². The van der Waals surface area contributed by atoms with Gasteiger partial charge in [-0.1, -0.05) is 23.4 Å². The predicted octanol–water partition coefficient (Wildman–Crippen LogP) is 3.33. The SMILES string of the molecule is C(=Cc1ccno1)c1cc2ccccc2[nH]1. The summed E-state index contributed by atoms with van der Waals surface area (Å²) in [5.41, 5.74) is 2.19. The predicted molar refractivity (Wildman–Crippen MR) is 63.7 cm³/mol. The summed E-state index contributed by atoms with van der Waals surface area (Å²) in [5, 5.41) is 4.85. The summed E-state index contributed by atoms with van der Waals surface area (Å²) in [4.78, 5) is 3.31. The quantitative estimate of drug-likeness (QED) is 0.704. The van der Waals surface area contributed by atoms with E-state index in [2.05, 4.69) is 28.3 Å². The van der Waals surface area contributed by atoms with Crippen LogP contribution in [0.1, 0.15) is 11.5 Å². The van der Waals surface area contributed by atoms with E-state index in [0.29, 0.717) is 0 Å². The first-order valence-corrected chi connectivity index (χ1v) is 5.08. The van der Waals surface area contributed by atoms with Crippen LogP contribution in [0.25, 0.3) is 23.1 Å². The maximum atomic E-state index is 4.98. The highest BCUT2D eigenvalue weighted by molar-refractivity contribution is 5.83. The first-order valence-electron chi connectivity index (χ1n) is 5.08. The van der Waals surface area contributed by atoms with Crippen molar-refractivity contribution in [2.24, 2.45) is 0 Å². The van der Waals surface area contributed by atoms with Gasteiger partial charge in [0.2, 0.25) is 0 Å². The van der Waals surface area contributed by atoms with Crippen LogP contribution in [0.3, 0.4) is 0 Å². The van der Waals surface area contributed by atoms with E-state index in [1.54, 1.807) is 6.20 Å². The van der Waals surface area contributed by atoms with Crippen molar-refractivity contribution in [1.82, 2.24) is 10.1 Å². The molecule has 3 heteroatoms. The van der Waals surface area contributed by atoms with Crippen LogP contribution in [-0.2, 0) is 0 Å². The largest absolute Gasteiger partial charge is 0.357 e. The van der Waals surface area contributed by atoms with Crippen LogP contribution < -0.4 is 0 Å². The third kappa shape index (κ3) is 1.63. The molecule has 0 spiro atoms. The van der Waals surface area contributed by atoms with Gasteiger partial charge < -0.3 is 9.51 Å². The molecule has 3 nitrogen and oxygen atoms in total. The Balaban J connectivity index is 1.95. The number of nitrogens with one attached hydrogen (secondary N) is 1. The van der Waals surface area contributed by atoms with Crippen LogP contribution in [0, 0.1) is 0 Å². The number of fused-ring (bicyclic) bond motifs is 1. The van der Waals surface area contributed by atoms with Crippen LogP contribution >= 0.6 is 0 Å². The van der Waals surface area contributed by atoms with Gasteiger partial charge in [-0.25, -0.2) is 0 Å². The number of hydrogen-bond donors (Lipinski definition) is 1. The number of benzene rings is 1. The van der Waals surface area contributed by atoms with E-state index in [1.165, 1.54) is 5.39 Å². The van der Waals surface area contributed by atoms with Crippen LogP contribution in [-0.4, -0.2) is 10.1 Å². The minimum atomic E-state index is 0.749. The molecule has 0 amide bonds. The normalized spacial score (nSPS) is 11.5. The minimum Gasteiger partial charge on any atom is -0.357 e. The number of nitrogens with zero attached hydrogens (tertiary/aromatic N) is 1. The van der Waals surface area contributed by atoms with Crippen molar-refractivity contribution in [1.29, 1.82) is 0 Å². The third-order valence-electron chi connectivity index (χ3n) is 2.44. The van der Waals surface area contributed by atoms with Gasteiger partial charge in [-0.05, 0) is 29.7 Å². The van der Waals surface area contributed by atoms with E-state index in [4.69, 9.17) is 4.52 Å². The zero-order valence-electron chi connectivity index (χ0n) is 8.55. The van der Waals surface area contributed by atoms with Crippen LogP contribution in [0.4, 0.5) is 0 Å². The summed E-state index contributed by atoms with van der Waals surface area (Å²) in [5.74, 6) is 0.749. The fourth-order valence-corrected chi connectivity index (χ4v) is 1.67. The Morgan fingerprint density at radius 2 is 2.06 bits per heavy atom. The molecule has 3 aromatic rings. The van der Waals surface area contributed by atoms with Crippen LogP contribution in [0.5, 0.6) is 0 Å². The lowest BCUT2D eigenvalue weighted by molar-refractivity contribution is 0.413. The summed E-state index contributed by atoms with van der Waals surface area (Å²) in [6.07, 6.45) is 5.49. The Labute approximate surface area is 92.4 Å². The second-order valence-electron chi connectivity index (χ2n) is 3.56. The second-order valence-corrected chi connectivity index (χ2v) is 3.56. The lowest BCUT2D eigenvalue weighted by Crippen LogP contribution is -1.68. The molecule has 78 valence electrons. The molecule has 1 N–H and O–H groups in total. The molecule has 0 bridgehead atoms. The molecule has 0 atom stereocenters. The van der Waals surface area contributed by atoms with Crippen molar-refractivity contribution in [3.05, 3.63) is 54.0 Å². The van der Waals surface area contributed by atoms with Gasteiger partial charge in [-0.2, -0.15) is 0 Å². The van der Waals surface area contributed by atoms with Gasteiger partial charge in [0.05, 0.1) is 6.20 Å². The molecule has 0 saturated heterocycles. The molecule has 16 heavy (non-hydrogen) atoms. The number of aromatic amines is 1. The zero-order valence-corrected chi connectivity index (χ0v) is 8.55. The monoisotopic (exact) mass is 210 g/mol. The molecule has 3 rings (SSSR count). The molecule has 0 aliphatic rings. The maximum absolute atomic E-state index is 4.98. The third-order valence-corrected chi connectivity index (χ3v) is 2.44. The molecular formula is C13H10N2O. The van der Waals surface area contributed by atoms with Gasteiger partial charge in [0.15, 0.2) is 5.76 Å². The fraction of sp³-hybridized carbons (Fsp3) is 0. The van der Waals surface area contributed by atoms with Crippen molar-refractivity contribution in [2.45, 2.75) is 0 Å². The molecule has 0 radical (unpaired) electrons. The molecule has 0 unspecified atom stereocenters. The summed E-state index contributed by atoms with van der Waals surface area (Å²) in [6, 6.07) is 12.1. The van der Waals surface area contributed by atoms with Crippen molar-refractivity contribution in [3.8, 4) is 0 Å². The Morgan fingerprint density at radius 3 is 2.88 bits per heavy atom.